The first-order chi connectivity index (χ1) is 7.85. The molecule has 0 saturated heterocycles. The van der Waals surface area contributed by atoms with Crippen molar-refractivity contribution >= 4 is 72.8 Å². The van der Waals surface area contributed by atoms with Crippen LogP contribution in [0.2, 0.25) is 0 Å². The Morgan fingerprint density at radius 3 is 2.56 bits per heavy atom. The summed E-state index contributed by atoms with van der Waals surface area (Å²) in [4.78, 5) is 11.1. The molecule has 0 amide bonds. The van der Waals surface area contributed by atoms with Gasteiger partial charge in [0.25, 0.3) is 0 Å². The Bertz CT molecular complexity index is 734. The first kappa shape index (κ1) is 15.8. The first-order valence-corrected chi connectivity index (χ1v) is 5.93. The van der Waals surface area contributed by atoms with Crippen LogP contribution in [0.4, 0.5) is 0 Å². The van der Waals surface area contributed by atoms with E-state index in [1.165, 1.54) is 24.3 Å². The van der Waals surface area contributed by atoms with Gasteiger partial charge in [0, 0.05) is 68.9 Å². The fourth-order valence-electron chi connectivity index (χ4n) is 1.48. The Morgan fingerprint density at radius 2 is 1.94 bits per heavy atom. The standard InChI is InChI=1S/C10H8O6S.K/c1-6-4-10(11)15-9-5-7(2-3-8(6)9)16-17(12,13)14;/h2-5H,1H3,(H,12,13,14);. The molecule has 0 bridgehead atoms. The third kappa shape index (κ3) is 3.89. The molecule has 1 N–H and O–H groups in total. The fourth-order valence-corrected chi connectivity index (χ4v) is 1.83. The molecule has 0 aliphatic carbocycles. The number of hydrogen-bond acceptors (Lipinski definition) is 5. The van der Waals surface area contributed by atoms with Gasteiger partial charge >= 0.3 is 16.0 Å². The van der Waals surface area contributed by atoms with Crippen molar-refractivity contribution in [1.82, 2.24) is 0 Å². The van der Waals surface area contributed by atoms with Crippen molar-refractivity contribution in [2.24, 2.45) is 0 Å². The van der Waals surface area contributed by atoms with E-state index in [1.54, 1.807) is 6.92 Å². The molecule has 6 nitrogen and oxygen atoms in total. The summed E-state index contributed by atoms with van der Waals surface area (Å²) in [5, 5.41) is 0.660. The zero-order chi connectivity index (χ0) is 12.6. The van der Waals surface area contributed by atoms with Crippen LogP contribution in [-0.4, -0.2) is 64.4 Å². The van der Waals surface area contributed by atoms with Gasteiger partial charge in [-0.05, 0) is 24.6 Å². The Balaban J connectivity index is 0.00000162. The molecule has 91 valence electrons. The second-order valence-electron chi connectivity index (χ2n) is 3.42. The monoisotopic (exact) mass is 295 g/mol. The summed E-state index contributed by atoms with van der Waals surface area (Å²) in [5.41, 5.74) is 0.352. The van der Waals surface area contributed by atoms with Gasteiger partial charge in [-0.15, -0.1) is 0 Å². The minimum Gasteiger partial charge on any atom is -0.423 e. The average Bonchev–Trinajstić information content (AvgIpc) is 2.13. The summed E-state index contributed by atoms with van der Waals surface area (Å²) in [6, 6.07) is 5.43. The summed E-state index contributed by atoms with van der Waals surface area (Å²) >= 11 is 0. The molecule has 18 heavy (non-hydrogen) atoms. The molecule has 0 unspecified atom stereocenters. The number of fused-ring (bicyclic) bond motifs is 1. The minimum atomic E-state index is -4.59. The second kappa shape index (κ2) is 5.82. The van der Waals surface area contributed by atoms with Gasteiger partial charge in [-0.2, -0.15) is 8.42 Å². The topological polar surface area (TPSA) is 93.8 Å². The van der Waals surface area contributed by atoms with Crippen molar-refractivity contribution in [3.05, 3.63) is 40.2 Å². The first-order valence-electron chi connectivity index (χ1n) is 4.56. The van der Waals surface area contributed by atoms with Gasteiger partial charge in [-0.1, -0.05) is 0 Å². The van der Waals surface area contributed by atoms with Crippen LogP contribution in [0.5, 0.6) is 5.75 Å². The molecule has 8 heteroatoms. The normalized spacial score (nSPS) is 11.0. The SMILES string of the molecule is Cc1cc(=O)oc2cc(OS(=O)(=O)O)ccc12.[K]. The van der Waals surface area contributed by atoms with E-state index in [0.29, 0.717) is 10.9 Å². The van der Waals surface area contributed by atoms with Crippen LogP contribution in [-0.2, 0) is 10.4 Å². The third-order valence-corrected chi connectivity index (χ3v) is 2.53. The molecule has 0 spiro atoms. The number of rotatable bonds is 2. The summed E-state index contributed by atoms with van der Waals surface area (Å²) in [6.07, 6.45) is 0. The molecular weight excluding hydrogens is 287 g/mol. The van der Waals surface area contributed by atoms with Crippen LogP contribution in [0, 0.1) is 6.92 Å². The van der Waals surface area contributed by atoms with Crippen LogP contribution in [0.3, 0.4) is 0 Å². The largest absolute Gasteiger partial charge is 0.446 e. The zero-order valence-corrected chi connectivity index (χ0v) is 13.6. The van der Waals surface area contributed by atoms with Crippen molar-refractivity contribution in [2.75, 3.05) is 0 Å². The molecule has 0 fully saturated rings. The Labute approximate surface area is 145 Å². The predicted octanol–water partition coefficient (Wildman–Crippen LogP) is 0.902. The molecule has 2 rings (SSSR count). The minimum absolute atomic E-state index is 0. The molecule has 1 heterocycles. The maximum Gasteiger partial charge on any atom is 0.446 e. The van der Waals surface area contributed by atoms with Crippen LogP contribution in [0.15, 0.2) is 33.5 Å². The van der Waals surface area contributed by atoms with Crippen molar-refractivity contribution < 1.29 is 21.6 Å². The Hall–Kier alpha value is -0.224. The second-order valence-corrected chi connectivity index (χ2v) is 4.44. The molecule has 1 aromatic heterocycles. The van der Waals surface area contributed by atoms with Crippen molar-refractivity contribution in [3.8, 4) is 5.75 Å². The molecule has 1 radical (unpaired) electrons. The summed E-state index contributed by atoms with van der Waals surface area (Å²) in [7, 11) is -4.59. The van der Waals surface area contributed by atoms with Gasteiger partial charge in [0.2, 0.25) is 0 Å². The molecular formula is C10H8KO6S. The van der Waals surface area contributed by atoms with Gasteiger partial charge in [0.15, 0.2) is 0 Å². The summed E-state index contributed by atoms with van der Waals surface area (Å²) in [5.74, 6) is -0.131. The van der Waals surface area contributed by atoms with Crippen LogP contribution in [0.1, 0.15) is 5.56 Å². The van der Waals surface area contributed by atoms with E-state index in [2.05, 4.69) is 4.18 Å². The molecule has 0 aliphatic heterocycles. The molecule has 0 aliphatic rings. The fraction of sp³-hybridized carbons (Fsp3) is 0.100. The molecule has 1 aromatic carbocycles. The smallest absolute Gasteiger partial charge is 0.423 e. The van der Waals surface area contributed by atoms with E-state index in [-0.39, 0.29) is 62.7 Å². The molecule has 0 atom stereocenters. The van der Waals surface area contributed by atoms with E-state index in [9.17, 15) is 13.2 Å². The maximum absolute atomic E-state index is 11.1. The van der Waals surface area contributed by atoms with E-state index < -0.39 is 16.0 Å². The van der Waals surface area contributed by atoms with Gasteiger partial charge in [0.1, 0.15) is 11.3 Å². The van der Waals surface area contributed by atoms with Crippen molar-refractivity contribution in [3.63, 3.8) is 0 Å². The van der Waals surface area contributed by atoms with Gasteiger partial charge in [-0.3, -0.25) is 4.55 Å². The number of benzene rings is 1. The quantitative estimate of drug-likeness (QED) is 0.502. The maximum atomic E-state index is 11.1. The van der Waals surface area contributed by atoms with Gasteiger partial charge < -0.3 is 8.60 Å². The van der Waals surface area contributed by atoms with Crippen molar-refractivity contribution in [2.45, 2.75) is 6.92 Å². The zero-order valence-electron chi connectivity index (χ0n) is 9.71. The van der Waals surface area contributed by atoms with E-state index in [0.717, 1.165) is 0 Å². The molecule has 2 aromatic rings. The molecule has 0 saturated carbocycles. The van der Waals surface area contributed by atoms with Gasteiger partial charge in [-0.25, -0.2) is 4.79 Å². The van der Waals surface area contributed by atoms with Crippen LogP contribution >= 0.6 is 0 Å². The van der Waals surface area contributed by atoms with E-state index in [4.69, 9.17) is 8.97 Å². The summed E-state index contributed by atoms with van der Waals surface area (Å²) < 4.78 is 38.7. The number of aryl methyl sites for hydroxylation is 1. The van der Waals surface area contributed by atoms with Gasteiger partial charge in [0.05, 0.1) is 0 Å². The van der Waals surface area contributed by atoms with Crippen molar-refractivity contribution in [1.29, 1.82) is 0 Å². The van der Waals surface area contributed by atoms with E-state index >= 15 is 0 Å². The number of hydrogen-bond donors (Lipinski definition) is 1. The predicted molar refractivity (Wildman–Crippen MR) is 65.2 cm³/mol. The van der Waals surface area contributed by atoms with Crippen LogP contribution < -0.4 is 9.81 Å². The van der Waals surface area contributed by atoms with E-state index in [1.807, 2.05) is 0 Å². The summed E-state index contributed by atoms with van der Waals surface area (Å²) in [6.45, 7) is 1.72. The van der Waals surface area contributed by atoms with Crippen LogP contribution in [0.25, 0.3) is 11.0 Å². The Kier molecular flexibility index (Phi) is 5.12. The Morgan fingerprint density at radius 1 is 1.28 bits per heavy atom. The third-order valence-electron chi connectivity index (χ3n) is 2.12. The average molecular weight is 295 g/mol.